The molecule has 6 heteroatoms. The van der Waals surface area contributed by atoms with Gasteiger partial charge in [0.25, 0.3) is 0 Å². The molecule has 17 heavy (non-hydrogen) atoms. The lowest BCUT2D eigenvalue weighted by molar-refractivity contribution is -0.115. The van der Waals surface area contributed by atoms with Crippen LogP contribution in [0.5, 0.6) is 0 Å². The zero-order chi connectivity index (χ0) is 12.1. The van der Waals surface area contributed by atoms with Crippen LogP contribution in [0, 0.1) is 6.42 Å². The molecule has 1 aromatic heterocycles. The molecule has 2 rings (SSSR count). The highest BCUT2D eigenvalue weighted by molar-refractivity contribution is 5.83. The maximum atomic E-state index is 10.6. The number of rotatable bonds is 4. The molecular weight excluding hydrogens is 218 g/mol. The molecule has 1 aromatic rings. The number of hydrogen-bond acceptors (Lipinski definition) is 5. The van der Waals surface area contributed by atoms with Gasteiger partial charge >= 0.3 is 0 Å². The molecule has 0 saturated carbocycles. The first kappa shape index (κ1) is 11.8. The Kier molecular flexibility index (Phi) is 3.87. The first-order chi connectivity index (χ1) is 8.25. The lowest BCUT2D eigenvalue weighted by Gasteiger charge is -2.34. The Balaban J connectivity index is 1.80. The topological polar surface area (TPSA) is 75.4 Å². The van der Waals surface area contributed by atoms with Crippen molar-refractivity contribution in [3.8, 4) is 0 Å². The second kappa shape index (κ2) is 5.58. The minimum absolute atomic E-state index is 0.362. The quantitative estimate of drug-likeness (QED) is 0.744. The van der Waals surface area contributed by atoms with Gasteiger partial charge in [-0.3, -0.25) is 9.69 Å². The Morgan fingerprint density at radius 3 is 2.53 bits per heavy atom. The summed E-state index contributed by atoms with van der Waals surface area (Å²) < 4.78 is 0. The molecule has 91 valence electrons. The van der Waals surface area contributed by atoms with Gasteiger partial charge in [-0.2, -0.15) is 0 Å². The Hall–Kier alpha value is -1.69. The summed E-state index contributed by atoms with van der Waals surface area (Å²) in [6.45, 7) is 4.15. The third-order valence-electron chi connectivity index (χ3n) is 2.76. The summed E-state index contributed by atoms with van der Waals surface area (Å²) in [5, 5.41) is 0. The minimum Gasteiger partial charge on any atom is -0.369 e. The number of nitrogens with two attached hydrogens (primary N) is 1. The van der Waals surface area contributed by atoms with Crippen LogP contribution in [-0.2, 0) is 4.79 Å². The van der Waals surface area contributed by atoms with Crippen LogP contribution in [-0.4, -0.2) is 53.5 Å². The number of aromatic nitrogens is 2. The molecule has 1 amide bonds. The summed E-state index contributed by atoms with van der Waals surface area (Å²) in [4.78, 5) is 23.4. The lowest BCUT2D eigenvalue weighted by atomic mass is 10.3. The third-order valence-corrected chi connectivity index (χ3v) is 2.76. The van der Waals surface area contributed by atoms with Crippen LogP contribution in [0.2, 0.25) is 0 Å². The fourth-order valence-corrected chi connectivity index (χ4v) is 1.80. The van der Waals surface area contributed by atoms with Crippen LogP contribution < -0.4 is 10.6 Å². The van der Waals surface area contributed by atoms with Crippen molar-refractivity contribution in [2.75, 3.05) is 37.6 Å². The monoisotopic (exact) mass is 234 g/mol. The van der Waals surface area contributed by atoms with Gasteiger partial charge in [-0.25, -0.2) is 9.97 Å². The molecule has 0 spiro atoms. The average molecular weight is 234 g/mol. The first-order valence-corrected chi connectivity index (χ1v) is 5.62. The van der Waals surface area contributed by atoms with Crippen molar-refractivity contribution in [2.45, 2.75) is 0 Å². The fraction of sp³-hybridized carbons (Fsp3) is 0.455. The molecule has 1 fully saturated rings. The van der Waals surface area contributed by atoms with Crippen molar-refractivity contribution in [3.05, 3.63) is 24.9 Å². The molecule has 2 N–H and O–H groups in total. The number of amides is 1. The standard InChI is InChI=1S/C11H16N5O/c12-10(17)2-5-15-6-8-16(9-7-15)11-13-3-1-4-14-11/h1-4H,5-9H2,(H2,12,17). The summed E-state index contributed by atoms with van der Waals surface area (Å²) in [6, 6.07) is 1.81. The second-order valence-corrected chi connectivity index (χ2v) is 3.94. The molecule has 2 heterocycles. The smallest absolute Gasteiger partial charge is 0.225 e. The van der Waals surface area contributed by atoms with Crippen LogP contribution in [0.3, 0.4) is 0 Å². The summed E-state index contributed by atoms with van der Waals surface area (Å²) in [7, 11) is 0. The van der Waals surface area contributed by atoms with Crippen molar-refractivity contribution in [1.29, 1.82) is 0 Å². The number of piperazine rings is 1. The van der Waals surface area contributed by atoms with Crippen molar-refractivity contribution in [2.24, 2.45) is 5.73 Å². The Bertz CT molecular complexity index is 361. The van der Waals surface area contributed by atoms with Gasteiger partial charge in [-0.1, -0.05) is 0 Å². The van der Waals surface area contributed by atoms with E-state index in [1.54, 1.807) is 12.4 Å². The summed E-state index contributed by atoms with van der Waals surface area (Å²) in [6.07, 6.45) is 5.00. The Morgan fingerprint density at radius 1 is 1.29 bits per heavy atom. The van der Waals surface area contributed by atoms with E-state index in [9.17, 15) is 4.79 Å². The average Bonchev–Trinajstić information content (AvgIpc) is 2.38. The van der Waals surface area contributed by atoms with E-state index < -0.39 is 0 Å². The van der Waals surface area contributed by atoms with Crippen LogP contribution in [0.25, 0.3) is 0 Å². The van der Waals surface area contributed by atoms with E-state index in [0.717, 1.165) is 32.1 Å². The van der Waals surface area contributed by atoms with Gasteiger partial charge in [0, 0.05) is 45.1 Å². The SMILES string of the molecule is NC(=O)[CH]CN1CCN(c2ncccn2)CC1. The molecule has 0 aliphatic carbocycles. The van der Waals surface area contributed by atoms with Crippen LogP contribution >= 0.6 is 0 Å². The van der Waals surface area contributed by atoms with Crippen LogP contribution in [0.15, 0.2) is 18.5 Å². The molecule has 0 atom stereocenters. The van der Waals surface area contributed by atoms with Gasteiger partial charge in [0.1, 0.15) is 0 Å². The normalized spacial score (nSPS) is 17.1. The predicted octanol–water partition coefficient (Wildman–Crippen LogP) is -0.712. The van der Waals surface area contributed by atoms with Crippen molar-refractivity contribution >= 4 is 11.9 Å². The van der Waals surface area contributed by atoms with Gasteiger partial charge < -0.3 is 10.6 Å². The molecule has 6 nitrogen and oxygen atoms in total. The summed E-state index contributed by atoms with van der Waals surface area (Å²) >= 11 is 0. The Labute approximate surface area is 100 Å². The number of carbonyl (C=O) groups excluding carboxylic acids is 1. The molecule has 1 aliphatic heterocycles. The highest BCUT2D eigenvalue weighted by Gasteiger charge is 2.18. The molecular formula is C11H16N5O. The van der Waals surface area contributed by atoms with E-state index in [1.807, 2.05) is 6.07 Å². The third kappa shape index (κ3) is 3.39. The van der Waals surface area contributed by atoms with Gasteiger partial charge in [0.15, 0.2) is 0 Å². The molecule has 0 bridgehead atoms. The number of carbonyl (C=O) groups is 1. The zero-order valence-electron chi connectivity index (χ0n) is 9.62. The largest absolute Gasteiger partial charge is 0.369 e. The molecule has 0 unspecified atom stereocenters. The van der Waals surface area contributed by atoms with Gasteiger partial charge in [-0.15, -0.1) is 0 Å². The molecule has 1 saturated heterocycles. The fourth-order valence-electron chi connectivity index (χ4n) is 1.80. The van der Waals surface area contributed by atoms with E-state index in [-0.39, 0.29) is 5.91 Å². The maximum Gasteiger partial charge on any atom is 0.225 e. The van der Waals surface area contributed by atoms with Gasteiger partial charge in [0.05, 0.1) is 6.42 Å². The maximum absolute atomic E-state index is 10.6. The van der Waals surface area contributed by atoms with E-state index in [4.69, 9.17) is 5.73 Å². The van der Waals surface area contributed by atoms with E-state index in [0.29, 0.717) is 6.54 Å². The van der Waals surface area contributed by atoms with Crippen molar-refractivity contribution in [1.82, 2.24) is 14.9 Å². The highest BCUT2D eigenvalue weighted by Crippen LogP contribution is 2.09. The van der Waals surface area contributed by atoms with Crippen LogP contribution in [0.4, 0.5) is 5.95 Å². The minimum atomic E-state index is -0.362. The van der Waals surface area contributed by atoms with Gasteiger partial charge in [-0.05, 0) is 6.07 Å². The zero-order valence-corrected chi connectivity index (χ0v) is 9.62. The number of hydrogen-bond donors (Lipinski definition) is 1. The molecule has 1 radical (unpaired) electrons. The summed E-state index contributed by atoms with van der Waals surface area (Å²) in [5.41, 5.74) is 5.08. The predicted molar refractivity (Wildman–Crippen MR) is 64.2 cm³/mol. The highest BCUT2D eigenvalue weighted by atomic mass is 16.1. The lowest BCUT2D eigenvalue weighted by Crippen LogP contribution is -2.47. The van der Waals surface area contributed by atoms with Crippen molar-refractivity contribution in [3.63, 3.8) is 0 Å². The second-order valence-electron chi connectivity index (χ2n) is 3.94. The Morgan fingerprint density at radius 2 is 1.94 bits per heavy atom. The molecule has 0 aromatic carbocycles. The van der Waals surface area contributed by atoms with Gasteiger partial charge in [0.2, 0.25) is 11.9 Å². The number of anilines is 1. The number of nitrogens with zero attached hydrogens (tertiary/aromatic N) is 4. The van der Waals surface area contributed by atoms with E-state index in [1.165, 1.54) is 6.42 Å². The van der Waals surface area contributed by atoms with E-state index in [2.05, 4.69) is 19.8 Å². The van der Waals surface area contributed by atoms with E-state index >= 15 is 0 Å². The summed E-state index contributed by atoms with van der Waals surface area (Å²) in [5.74, 6) is 0.407. The van der Waals surface area contributed by atoms with Crippen molar-refractivity contribution < 1.29 is 4.79 Å². The first-order valence-electron chi connectivity index (χ1n) is 5.62. The number of primary amides is 1. The van der Waals surface area contributed by atoms with Crippen LogP contribution in [0.1, 0.15) is 0 Å². The molecule has 1 aliphatic rings.